The van der Waals surface area contributed by atoms with Crippen LogP contribution in [-0.4, -0.2) is 64.0 Å². The number of nitrogens with one attached hydrogen (secondary N) is 3. The summed E-state index contributed by atoms with van der Waals surface area (Å²) in [4.78, 5) is 26.9. The maximum absolute atomic E-state index is 15.2. The first-order valence-electron chi connectivity index (χ1n) is 11.2. The van der Waals surface area contributed by atoms with Crippen LogP contribution >= 0.6 is 0 Å². The van der Waals surface area contributed by atoms with E-state index in [1.165, 1.54) is 11.1 Å². The Hall–Kier alpha value is -3.68. The number of ether oxygens (including phenoxy) is 1. The van der Waals surface area contributed by atoms with E-state index < -0.39 is 12.8 Å². The van der Waals surface area contributed by atoms with Crippen molar-refractivity contribution in [2.45, 2.75) is 19.6 Å². The fourth-order valence-electron chi connectivity index (χ4n) is 3.41. The molecule has 2 heterocycles. The Morgan fingerprint density at radius 2 is 2.00 bits per heavy atom. The van der Waals surface area contributed by atoms with Gasteiger partial charge < -0.3 is 31.3 Å². The SMILES string of the molecule is CF.CNCC1CN(c2ccc(-c3ccc(CNC/C(=C/N)NN)nc3)c(F)c2C)C(=O)O1.O=CCF. The molecule has 1 aromatic heterocycles. The second kappa shape index (κ2) is 16.9. The van der Waals surface area contributed by atoms with Gasteiger partial charge in [0.25, 0.3) is 0 Å². The van der Waals surface area contributed by atoms with E-state index in [1.54, 1.807) is 32.3 Å². The zero-order chi connectivity index (χ0) is 27.8. The molecule has 10 nitrogen and oxygen atoms in total. The molecule has 0 bridgehead atoms. The highest BCUT2D eigenvalue weighted by Crippen LogP contribution is 2.32. The Morgan fingerprint density at radius 1 is 1.30 bits per heavy atom. The third kappa shape index (κ3) is 9.04. The van der Waals surface area contributed by atoms with Crippen LogP contribution in [0, 0.1) is 12.7 Å². The fraction of sp³-hybridized carbons (Fsp3) is 0.375. The smallest absolute Gasteiger partial charge is 0.414 e. The molecule has 1 saturated heterocycles. The Balaban J connectivity index is 0.00000104. The average Bonchev–Trinajstić information content (AvgIpc) is 3.29. The summed E-state index contributed by atoms with van der Waals surface area (Å²) in [5, 5.41) is 6.14. The van der Waals surface area contributed by atoms with Gasteiger partial charge >= 0.3 is 6.09 Å². The number of carbonyl (C=O) groups is 2. The minimum Gasteiger partial charge on any atom is -0.443 e. The fourth-order valence-corrected chi connectivity index (χ4v) is 3.41. The summed E-state index contributed by atoms with van der Waals surface area (Å²) < 4.78 is 40.3. The molecule has 1 unspecified atom stereocenters. The molecule has 2 aromatic rings. The van der Waals surface area contributed by atoms with Crippen LogP contribution in [0.15, 0.2) is 42.4 Å². The maximum Gasteiger partial charge on any atom is 0.414 e. The lowest BCUT2D eigenvalue weighted by atomic mass is 10.0. The van der Waals surface area contributed by atoms with Gasteiger partial charge in [0.1, 0.15) is 18.6 Å². The Kier molecular flexibility index (Phi) is 14.3. The van der Waals surface area contributed by atoms with Crippen molar-refractivity contribution in [3.05, 3.63) is 59.4 Å². The summed E-state index contributed by atoms with van der Waals surface area (Å²) in [6.45, 7) is 2.70. The van der Waals surface area contributed by atoms with E-state index >= 15 is 4.39 Å². The summed E-state index contributed by atoms with van der Waals surface area (Å²) in [7, 11) is 2.29. The van der Waals surface area contributed by atoms with Gasteiger partial charge in [-0.15, -0.1) is 0 Å². The highest BCUT2D eigenvalue weighted by atomic mass is 19.1. The first-order valence-corrected chi connectivity index (χ1v) is 11.2. The lowest BCUT2D eigenvalue weighted by Gasteiger charge is -2.18. The Morgan fingerprint density at radius 3 is 2.54 bits per heavy atom. The molecule has 1 fully saturated rings. The quantitative estimate of drug-likeness (QED) is 0.178. The second-order valence-electron chi connectivity index (χ2n) is 7.54. The number of nitrogens with two attached hydrogens (primary N) is 2. The van der Waals surface area contributed by atoms with Gasteiger partial charge in [-0.25, -0.2) is 13.6 Å². The van der Waals surface area contributed by atoms with Crippen LogP contribution in [0.25, 0.3) is 11.1 Å². The zero-order valence-corrected chi connectivity index (χ0v) is 21.1. The van der Waals surface area contributed by atoms with Crippen LogP contribution in [0.2, 0.25) is 0 Å². The molecule has 1 aliphatic rings. The molecular formula is C24H34F3N7O3. The minimum absolute atomic E-state index is 0.208. The lowest BCUT2D eigenvalue weighted by Crippen LogP contribution is -2.30. The van der Waals surface area contributed by atoms with Crippen LogP contribution in [0.5, 0.6) is 0 Å². The van der Waals surface area contributed by atoms with Gasteiger partial charge in [0, 0.05) is 48.7 Å². The van der Waals surface area contributed by atoms with Crippen molar-refractivity contribution >= 4 is 18.1 Å². The molecule has 1 aromatic carbocycles. The predicted molar refractivity (Wildman–Crippen MR) is 136 cm³/mol. The topological polar surface area (TPSA) is 148 Å². The standard InChI is InChI=1S/C21H28FN7O2.C2H3FO.CH3F/c1-13-19(29-12-17(11-25-2)31-21(29)30)6-5-18(20(13)22)14-3-4-15(27-8-14)9-26-10-16(7-23)28-24;3-1-2-4;1-2/h3-8,17,25-26,28H,9-12,23-24H2,1-2H3;2H,1H2;1H3/b16-7-;;. The molecule has 0 spiro atoms. The lowest BCUT2D eigenvalue weighted by molar-refractivity contribution is -0.108. The van der Waals surface area contributed by atoms with E-state index in [0.717, 1.165) is 5.69 Å². The normalized spacial score (nSPS) is 14.7. The van der Waals surface area contributed by atoms with E-state index in [4.69, 9.17) is 21.1 Å². The number of pyridine rings is 1. The number of carbonyl (C=O) groups excluding carboxylic acids is 2. The molecule has 7 N–H and O–H groups in total. The number of hydrogen-bond donors (Lipinski definition) is 5. The Labute approximate surface area is 214 Å². The molecule has 1 atom stereocenters. The van der Waals surface area contributed by atoms with Crippen LogP contribution in [0.3, 0.4) is 0 Å². The number of aldehydes is 1. The van der Waals surface area contributed by atoms with E-state index in [0.29, 0.717) is 61.4 Å². The number of anilines is 1. The van der Waals surface area contributed by atoms with Crippen molar-refractivity contribution in [1.29, 1.82) is 0 Å². The Bertz CT molecular complexity index is 1020. The monoisotopic (exact) mass is 525 g/mol. The summed E-state index contributed by atoms with van der Waals surface area (Å²) in [5.41, 5.74) is 11.3. The molecule has 3 rings (SSSR count). The van der Waals surface area contributed by atoms with Crippen molar-refractivity contribution in [2.24, 2.45) is 11.6 Å². The molecule has 1 aliphatic heterocycles. The zero-order valence-electron chi connectivity index (χ0n) is 21.1. The second-order valence-corrected chi connectivity index (χ2v) is 7.54. The van der Waals surface area contributed by atoms with Crippen LogP contribution < -0.4 is 32.5 Å². The van der Waals surface area contributed by atoms with Crippen molar-refractivity contribution in [3.63, 3.8) is 0 Å². The van der Waals surface area contributed by atoms with Gasteiger partial charge in [-0.3, -0.25) is 20.1 Å². The summed E-state index contributed by atoms with van der Waals surface area (Å²) in [5.74, 6) is 4.94. The van der Waals surface area contributed by atoms with Gasteiger partial charge in [-0.1, -0.05) is 6.07 Å². The third-order valence-electron chi connectivity index (χ3n) is 5.16. The highest BCUT2D eigenvalue weighted by Gasteiger charge is 2.33. The number of alkyl halides is 2. The summed E-state index contributed by atoms with van der Waals surface area (Å²) in [6.07, 6.45) is 2.50. The van der Waals surface area contributed by atoms with Crippen LogP contribution in [-0.2, 0) is 16.1 Å². The summed E-state index contributed by atoms with van der Waals surface area (Å²) in [6, 6.07) is 7.05. The molecular weight excluding hydrogens is 491 g/mol. The highest BCUT2D eigenvalue weighted by molar-refractivity contribution is 5.91. The van der Waals surface area contributed by atoms with E-state index in [1.807, 2.05) is 12.1 Å². The van der Waals surface area contributed by atoms with Crippen molar-refractivity contribution in [1.82, 2.24) is 21.0 Å². The number of cyclic esters (lactones) is 1. The number of amides is 1. The van der Waals surface area contributed by atoms with Gasteiger partial charge in [-0.05, 0) is 32.2 Å². The van der Waals surface area contributed by atoms with E-state index in [9.17, 15) is 13.6 Å². The first kappa shape index (κ1) is 31.4. The van der Waals surface area contributed by atoms with Crippen molar-refractivity contribution < 1.29 is 27.5 Å². The number of hydrogen-bond acceptors (Lipinski definition) is 9. The van der Waals surface area contributed by atoms with Crippen molar-refractivity contribution in [3.8, 4) is 11.1 Å². The molecule has 204 valence electrons. The first-order chi connectivity index (χ1) is 17.9. The predicted octanol–water partition coefficient (Wildman–Crippen LogP) is 1.83. The van der Waals surface area contributed by atoms with Crippen LogP contribution in [0.4, 0.5) is 23.7 Å². The van der Waals surface area contributed by atoms with Gasteiger partial charge in [0.2, 0.25) is 0 Å². The van der Waals surface area contributed by atoms with Gasteiger partial charge in [0.15, 0.2) is 6.29 Å². The van der Waals surface area contributed by atoms with Crippen LogP contribution in [0.1, 0.15) is 11.3 Å². The molecule has 1 amide bonds. The average molecular weight is 526 g/mol. The molecule has 0 aliphatic carbocycles. The maximum atomic E-state index is 15.2. The number of rotatable bonds is 10. The number of hydrazine groups is 1. The summed E-state index contributed by atoms with van der Waals surface area (Å²) >= 11 is 0. The molecule has 13 heteroatoms. The van der Waals surface area contributed by atoms with Gasteiger partial charge in [0.05, 0.1) is 30.8 Å². The number of aromatic nitrogens is 1. The van der Waals surface area contributed by atoms with Crippen molar-refractivity contribution in [2.75, 3.05) is 45.4 Å². The minimum atomic E-state index is -0.861. The molecule has 0 radical (unpaired) electrons. The van der Waals surface area contributed by atoms with E-state index in [2.05, 4.69) is 21.0 Å². The number of nitrogens with zero attached hydrogens (tertiary/aromatic N) is 2. The van der Waals surface area contributed by atoms with Gasteiger partial charge in [-0.2, -0.15) is 0 Å². The van der Waals surface area contributed by atoms with E-state index in [-0.39, 0.29) is 18.2 Å². The molecule has 37 heavy (non-hydrogen) atoms. The number of likely N-dealkylation sites (N-methyl/N-ethyl adjacent to an activating group) is 1. The number of halogens is 3. The molecule has 0 saturated carbocycles. The third-order valence-corrected chi connectivity index (χ3v) is 5.16. The largest absolute Gasteiger partial charge is 0.443 e. The number of benzene rings is 1.